The topological polar surface area (TPSA) is 64.2 Å². The summed E-state index contributed by atoms with van der Waals surface area (Å²) >= 11 is 0. The van der Waals surface area contributed by atoms with Crippen molar-refractivity contribution in [2.75, 3.05) is 18.0 Å². The summed E-state index contributed by atoms with van der Waals surface area (Å²) in [4.78, 5) is 15.4. The van der Waals surface area contributed by atoms with E-state index in [9.17, 15) is 4.79 Å². The van der Waals surface area contributed by atoms with Gasteiger partial charge in [-0.15, -0.1) is 12.4 Å². The Hall–Kier alpha value is -1.59. The van der Waals surface area contributed by atoms with Crippen LogP contribution in [0.15, 0.2) is 29.1 Å². The summed E-state index contributed by atoms with van der Waals surface area (Å²) in [6.07, 6.45) is 9.13. The maximum atomic E-state index is 13.1. The van der Waals surface area contributed by atoms with Crippen molar-refractivity contribution in [1.29, 1.82) is 0 Å². The third kappa shape index (κ3) is 3.74. The van der Waals surface area contributed by atoms with Gasteiger partial charge in [0.15, 0.2) is 5.82 Å². The molecule has 1 saturated carbocycles. The second kappa shape index (κ2) is 8.40. The third-order valence-corrected chi connectivity index (χ3v) is 5.74. The van der Waals surface area contributed by atoms with Crippen LogP contribution in [0.4, 0.5) is 5.82 Å². The largest absolute Gasteiger partial charge is 0.353 e. The van der Waals surface area contributed by atoms with Crippen molar-refractivity contribution in [3.8, 4) is 0 Å². The Morgan fingerprint density at radius 1 is 0.962 bits per heavy atom. The summed E-state index contributed by atoms with van der Waals surface area (Å²) in [5.74, 6) is 0.943. The monoisotopic (exact) mass is 376 g/mol. The van der Waals surface area contributed by atoms with Crippen molar-refractivity contribution in [3.63, 3.8) is 0 Å². The Balaban J connectivity index is 0.00000196. The molecule has 6 heteroatoms. The zero-order valence-electron chi connectivity index (χ0n) is 15.3. The van der Waals surface area contributed by atoms with Gasteiger partial charge in [0.2, 0.25) is 0 Å². The van der Waals surface area contributed by atoms with Crippen LogP contribution in [0.25, 0.3) is 10.8 Å². The predicted octanol–water partition coefficient (Wildman–Crippen LogP) is 3.64. The minimum absolute atomic E-state index is 0. The molecule has 0 amide bonds. The fraction of sp³-hybridized carbons (Fsp3) is 0.600. The quantitative estimate of drug-likeness (QED) is 0.869. The van der Waals surface area contributed by atoms with Crippen LogP contribution in [0.2, 0.25) is 0 Å². The van der Waals surface area contributed by atoms with Gasteiger partial charge in [-0.25, -0.2) is 4.68 Å². The first-order valence-electron chi connectivity index (χ1n) is 9.76. The van der Waals surface area contributed by atoms with Crippen LogP contribution in [-0.2, 0) is 0 Å². The minimum atomic E-state index is 0. The molecule has 0 bridgehead atoms. The summed E-state index contributed by atoms with van der Waals surface area (Å²) < 4.78 is 1.78. The number of aromatic nitrogens is 2. The molecule has 2 N–H and O–H groups in total. The van der Waals surface area contributed by atoms with Crippen LogP contribution in [0.1, 0.15) is 57.4 Å². The Morgan fingerprint density at radius 2 is 1.65 bits per heavy atom. The van der Waals surface area contributed by atoms with Crippen molar-refractivity contribution in [2.24, 2.45) is 5.73 Å². The maximum absolute atomic E-state index is 13.1. The molecule has 1 aromatic carbocycles. The molecule has 26 heavy (non-hydrogen) atoms. The van der Waals surface area contributed by atoms with Crippen LogP contribution in [0.5, 0.6) is 0 Å². The lowest BCUT2D eigenvalue weighted by Crippen LogP contribution is -2.38. The van der Waals surface area contributed by atoms with Gasteiger partial charge < -0.3 is 10.6 Å². The zero-order valence-corrected chi connectivity index (χ0v) is 16.1. The number of benzene rings is 1. The van der Waals surface area contributed by atoms with E-state index in [0.29, 0.717) is 0 Å². The first kappa shape index (κ1) is 19.2. The molecule has 2 heterocycles. The Morgan fingerprint density at radius 3 is 2.42 bits per heavy atom. The molecule has 2 aromatic rings. The van der Waals surface area contributed by atoms with E-state index in [1.807, 2.05) is 24.3 Å². The first-order chi connectivity index (χ1) is 12.2. The number of hydrogen-bond donors (Lipinski definition) is 1. The molecule has 1 aromatic heterocycles. The molecule has 0 radical (unpaired) electrons. The fourth-order valence-corrected chi connectivity index (χ4v) is 4.36. The van der Waals surface area contributed by atoms with Crippen molar-refractivity contribution in [1.82, 2.24) is 9.78 Å². The van der Waals surface area contributed by atoms with Crippen molar-refractivity contribution in [3.05, 3.63) is 34.6 Å². The Kier molecular flexibility index (Phi) is 6.20. The summed E-state index contributed by atoms with van der Waals surface area (Å²) in [5.41, 5.74) is 6.34. The van der Waals surface area contributed by atoms with E-state index < -0.39 is 0 Å². The lowest BCUT2D eigenvalue weighted by Gasteiger charge is -2.28. The van der Waals surface area contributed by atoms with Crippen molar-refractivity contribution >= 4 is 29.0 Å². The van der Waals surface area contributed by atoms with Crippen LogP contribution >= 0.6 is 12.4 Å². The lowest BCUT2D eigenvalue weighted by atomic mass is 9.95. The summed E-state index contributed by atoms with van der Waals surface area (Å²) in [7, 11) is 0. The zero-order chi connectivity index (χ0) is 17.2. The minimum Gasteiger partial charge on any atom is -0.353 e. The first-order valence-corrected chi connectivity index (χ1v) is 9.76. The van der Waals surface area contributed by atoms with Gasteiger partial charge in [0.25, 0.3) is 5.56 Å². The third-order valence-electron chi connectivity index (χ3n) is 5.74. The number of anilines is 1. The van der Waals surface area contributed by atoms with Gasteiger partial charge in [0, 0.05) is 24.5 Å². The average Bonchev–Trinajstić information content (AvgIpc) is 2.87. The van der Waals surface area contributed by atoms with E-state index in [4.69, 9.17) is 10.8 Å². The molecule has 1 aliphatic heterocycles. The molecule has 1 saturated heterocycles. The van der Waals surface area contributed by atoms with Crippen LogP contribution in [0.3, 0.4) is 0 Å². The lowest BCUT2D eigenvalue weighted by molar-refractivity contribution is 0.320. The van der Waals surface area contributed by atoms with E-state index in [1.54, 1.807) is 4.68 Å². The van der Waals surface area contributed by atoms with Gasteiger partial charge >= 0.3 is 0 Å². The van der Waals surface area contributed by atoms with Crippen LogP contribution < -0.4 is 16.2 Å². The highest BCUT2D eigenvalue weighted by atomic mass is 35.5. The summed E-state index contributed by atoms with van der Waals surface area (Å²) in [6, 6.07) is 8.34. The molecule has 1 aliphatic carbocycles. The molecule has 1 unspecified atom stereocenters. The number of rotatable bonds is 2. The number of fused-ring (bicyclic) bond motifs is 1. The number of nitrogens with zero attached hydrogens (tertiary/aromatic N) is 3. The SMILES string of the molecule is Cl.NC1CCCCN(c2nn(C3CCCCC3)c(=O)c3ccccc23)C1. The fourth-order valence-electron chi connectivity index (χ4n) is 4.36. The van der Waals surface area contributed by atoms with E-state index in [-0.39, 0.29) is 30.0 Å². The highest BCUT2D eigenvalue weighted by molar-refractivity contribution is 5.91. The molecule has 2 fully saturated rings. The molecular formula is C20H29ClN4O. The molecular weight excluding hydrogens is 348 g/mol. The van der Waals surface area contributed by atoms with Crippen molar-refractivity contribution < 1.29 is 0 Å². The predicted molar refractivity (Wildman–Crippen MR) is 109 cm³/mol. The van der Waals surface area contributed by atoms with Crippen molar-refractivity contribution in [2.45, 2.75) is 63.5 Å². The highest BCUT2D eigenvalue weighted by Crippen LogP contribution is 2.30. The second-order valence-electron chi connectivity index (χ2n) is 7.61. The maximum Gasteiger partial charge on any atom is 0.275 e. The summed E-state index contributed by atoms with van der Waals surface area (Å²) in [5, 5.41) is 6.65. The van der Waals surface area contributed by atoms with Crippen LogP contribution in [-0.4, -0.2) is 28.9 Å². The molecule has 0 spiro atoms. The van der Waals surface area contributed by atoms with E-state index in [0.717, 1.165) is 61.8 Å². The van der Waals surface area contributed by atoms with Gasteiger partial charge in [-0.3, -0.25) is 4.79 Å². The molecule has 142 valence electrons. The standard InChI is InChI=1S/C20H28N4O.ClH/c21-15-8-6-7-13-23(14-15)19-17-11-4-5-12-18(17)20(25)24(22-19)16-9-2-1-3-10-16;/h4-5,11-12,15-16H,1-3,6-10,13-14,21H2;1H. The second-order valence-corrected chi connectivity index (χ2v) is 7.61. The van der Waals surface area contributed by atoms with E-state index >= 15 is 0 Å². The normalized spacial score (nSPS) is 22.0. The van der Waals surface area contributed by atoms with Gasteiger partial charge in [0.1, 0.15) is 0 Å². The van der Waals surface area contributed by atoms with Gasteiger partial charge in [-0.05, 0) is 31.7 Å². The molecule has 1 atom stereocenters. The van der Waals surface area contributed by atoms with Crippen LogP contribution in [0, 0.1) is 0 Å². The molecule has 5 nitrogen and oxygen atoms in total. The number of halogens is 1. The number of hydrogen-bond acceptors (Lipinski definition) is 4. The van der Waals surface area contributed by atoms with E-state index in [1.165, 1.54) is 19.3 Å². The Labute approximate surface area is 161 Å². The molecule has 2 aliphatic rings. The molecule has 4 rings (SSSR count). The highest BCUT2D eigenvalue weighted by Gasteiger charge is 2.24. The van der Waals surface area contributed by atoms with Gasteiger partial charge in [0.05, 0.1) is 11.4 Å². The smallest absolute Gasteiger partial charge is 0.275 e. The summed E-state index contributed by atoms with van der Waals surface area (Å²) in [6.45, 7) is 1.79. The van der Waals surface area contributed by atoms with E-state index in [2.05, 4.69) is 4.90 Å². The van der Waals surface area contributed by atoms with Gasteiger partial charge in [-0.2, -0.15) is 5.10 Å². The average molecular weight is 377 g/mol. The van der Waals surface area contributed by atoms with Gasteiger partial charge in [-0.1, -0.05) is 43.9 Å². The Bertz CT molecular complexity index is 800. The number of nitrogens with two attached hydrogens (primary N) is 1.